The van der Waals surface area contributed by atoms with E-state index in [0.717, 1.165) is 12.8 Å². The standard InChI is InChI=1S/C25H22BClFN7O/c26-25(15-1-3-16(28)4-2-15,22-11-35(34-33-22)19-5-6-19)32-17-7-20-23(31-18-12-36-13-18)14(9-29)10-30-24(20)21(27)8-17/h1-4,7-8,10-11,18-19,32-34H,5-6,12-13H2,(H,30,31). The minimum Gasteiger partial charge on any atom is -0.378 e. The molecule has 11 heteroatoms. The predicted octanol–water partition coefficient (Wildman–Crippen LogP) is 3.47. The van der Waals surface area contributed by atoms with Crippen LogP contribution in [0.1, 0.15) is 24.0 Å². The molecule has 1 aromatic heterocycles. The Kier molecular flexibility index (Phi) is 5.64. The van der Waals surface area contributed by atoms with Crippen molar-refractivity contribution in [3.8, 4) is 6.07 Å². The van der Waals surface area contributed by atoms with Crippen LogP contribution in [0.25, 0.3) is 10.9 Å². The van der Waals surface area contributed by atoms with Crippen LogP contribution in [-0.2, 0) is 10.2 Å². The van der Waals surface area contributed by atoms with E-state index in [1.807, 2.05) is 17.3 Å². The number of nitrogens with zero attached hydrogens (tertiary/aromatic N) is 3. The highest BCUT2D eigenvalue weighted by atomic mass is 35.5. The largest absolute Gasteiger partial charge is 0.378 e. The van der Waals surface area contributed by atoms with E-state index in [1.165, 1.54) is 18.3 Å². The van der Waals surface area contributed by atoms with Gasteiger partial charge in [0.15, 0.2) is 0 Å². The summed E-state index contributed by atoms with van der Waals surface area (Å²) in [5.74, 6) is -0.355. The predicted molar refractivity (Wildman–Crippen MR) is 136 cm³/mol. The Morgan fingerprint density at radius 3 is 2.69 bits per heavy atom. The molecule has 0 spiro atoms. The fraction of sp³-hybridized carbons (Fsp3) is 0.280. The van der Waals surface area contributed by atoms with Crippen molar-refractivity contribution in [3.05, 3.63) is 76.5 Å². The number of rotatable bonds is 7. The molecular formula is C25H22BClFN7O. The lowest BCUT2D eigenvalue weighted by Crippen LogP contribution is -2.45. The minimum absolute atomic E-state index is 0.0956. The van der Waals surface area contributed by atoms with Crippen molar-refractivity contribution in [2.75, 3.05) is 23.8 Å². The van der Waals surface area contributed by atoms with Crippen LogP contribution in [0.15, 0.2) is 54.5 Å². The molecule has 1 saturated heterocycles. The molecule has 3 heterocycles. The number of ether oxygens (including phenoxy) is 1. The maximum atomic E-state index is 13.8. The SMILES string of the molecule is [B]C(Nc1cc(Cl)c2ncc(C#N)c(NC3COC3)c2c1)(C1=CN(C2CC2)NN1)c1ccc(F)cc1. The van der Waals surface area contributed by atoms with Gasteiger partial charge in [-0.3, -0.25) is 9.99 Å². The lowest BCUT2D eigenvalue weighted by molar-refractivity contribution is 0.0211. The molecule has 2 aliphatic heterocycles. The van der Waals surface area contributed by atoms with E-state index in [4.69, 9.17) is 24.2 Å². The summed E-state index contributed by atoms with van der Waals surface area (Å²) in [6, 6.07) is 12.3. The Hall–Kier alpha value is -3.52. The molecule has 2 aromatic carbocycles. The molecule has 1 unspecified atom stereocenters. The van der Waals surface area contributed by atoms with Gasteiger partial charge in [0.05, 0.1) is 52.2 Å². The Bertz CT molecular complexity index is 1400. The number of aromatic nitrogens is 1. The van der Waals surface area contributed by atoms with E-state index in [9.17, 15) is 9.65 Å². The molecule has 1 saturated carbocycles. The van der Waals surface area contributed by atoms with Gasteiger partial charge in [0.25, 0.3) is 0 Å². The molecule has 0 amide bonds. The molecule has 4 N–H and O–H groups in total. The summed E-state index contributed by atoms with van der Waals surface area (Å²) < 4.78 is 19.0. The zero-order valence-electron chi connectivity index (χ0n) is 19.2. The molecule has 3 aliphatic rings. The van der Waals surface area contributed by atoms with E-state index >= 15 is 0 Å². The van der Waals surface area contributed by atoms with Crippen molar-refractivity contribution in [1.29, 1.82) is 5.26 Å². The molecule has 180 valence electrons. The van der Waals surface area contributed by atoms with E-state index in [2.05, 4.69) is 32.6 Å². The maximum Gasteiger partial charge on any atom is 0.123 e. The number of nitriles is 1. The molecule has 36 heavy (non-hydrogen) atoms. The van der Waals surface area contributed by atoms with E-state index in [0.29, 0.717) is 63.4 Å². The van der Waals surface area contributed by atoms with Gasteiger partial charge < -0.3 is 20.8 Å². The van der Waals surface area contributed by atoms with Crippen molar-refractivity contribution in [1.82, 2.24) is 21.0 Å². The topological polar surface area (TPSA) is 97.3 Å². The normalized spacial score (nSPS) is 19.1. The van der Waals surface area contributed by atoms with Gasteiger partial charge in [-0.25, -0.2) is 4.39 Å². The molecular weight excluding hydrogens is 480 g/mol. The molecule has 2 radical (unpaired) electrons. The Balaban J connectivity index is 1.44. The Morgan fingerprint density at radius 2 is 2.03 bits per heavy atom. The van der Waals surface area contributed by atoms with Gasteiger partial charge in [-0.15, -0.1) is 5.53 Å². The van der Waals surface area contributed by atoms with Crippen molar-refractivity contribution in [2.24, 2.45) is 0 Å². The van der Waals surface area contributed by atoms with E-state index in [-0.39, 0.29) is 11.9 Å². The van der Waals surface area contributed by atoms with E-state index in [1.54, 1.807) is 18.2 Å². The summed E-state index contributed by atoms with van der Waals surface area (Å²) >= 11 is 6.66. The fourth-order valence-corrected chi connectivity index (χ4v) is 4.68. The van der Waals surface area contributed by atoms with Crippen molar-refractivity contribution in [3.63, 3.8) is 0 Å². The number of halogens is 2. The average molecular weight is 502 g/mol. The third-order valence-electron chi connectivity index (χ3n) is 6.63. The molecule has 1 atom stereocenters. The van der Waals surface area contributed by atoms with Crippen LogP contribution in [0.5, 0.6) is 0 Å². The summed E-state index contributed by atoms with van der Waals surface area (Å²) in [4.78, 5) is 4.42. The monoisotopic (exact) mass is 501 g/mol. The third kappa shape index (κ3) is 4.09. The highest BCUT2D eigenvalue weighted by Crippen LogP contribution is 2.38. The fourth-order valence-electron chi connectivity index (χ4n) is 4.41. The van der Waals surface area contributed by atoms with Gasteiger partial charge >= 0.3 is 0 Å². The summed E-state index contributed by atoms with van der Waals surface area (Å²) in [7, 11) is 7.01. The van der Waals surface area contributed by atoms with Crippen LogP contribution in [-0.4, -0.2) is 43.1 Å². The van der Waals surface area contributed by atoms with Gasteiger partial charge in [-0.05, 0) is 42.7 Å². The number of nitrogens with one attached hydrogen (secondary N) is 4. The highest BCUT2D eigenvalue weighted by molar-refractivity contribution is 6.36. The average Bonchev–Trinajstić information content (AvgIpc) is 3.57. The number of pyridine rings is 1. The van der Waals surface area contributed by atoms with Crippen LogP contribution < -0.4 is 21.6 Å². The number of hydrogen-bond acceptors (Lipinski definition) is 8. The molecule has 3 aromatic rings. The lowest BCUT2D eigenvalue weighted by Gasteiger charge is -2.34. The third-order valence-corrected chi connectivity index (χ3v) is 6.91. The van der Waals surface area contributed by atoms with Gasteiger partial charge in [-0.2, -0.15) is 5.26 Å². The quantitative estimate of drug-likeness (QED) is 0.366. The minimum atomic E-state index is -1.25. The maximum absolute atomic E-state index is 13.8. The summed E-state index contributed by atoms with van der Waals surface area (Å²) in [6.45, 7) is 1.11. The van der Waals surface area contributed by atoms with Crippen LogP contribution in [0.4, 0.5) is 15.8 Å². The first kappa shape index (κ1) is 22.9. The zero-order chi connectivity index (χ0) is 24.9. The summed E-state index contributed by atoms with van der Waals surface area (Å²) in [5.41, 5.74) is 8.58. The zero-order valence-corrected chi connectivity index (χ0v) is 19.9. The smallest absolute Gasteiger partial charge is 0.123 e. The molecule has 1 aliphatic carbocycles. The first-order chi connectivity index (χ1) is 17.4. The first-order valence-corrected chi connectivity index (χ1v) is 12.0. The second-order valence-electron chi connectivity index (χ2n) is 9.25. The van der Waals surface area contributed by atoms with Crippen LogP contribution >= 0.6 is 11.6 Å². The Morgan fingerprint density at radius 1 is 1.25 bits per heavy atom. The molecule has 6 rings (SSSR count). The second-order valence-corrected chi connectivity index (χ2v) is 9.66. The van der Waals surface area contributed by atoms with Gasteiger partial charge in [-0.1, -0.05) is 23.7 Å². The van der Waals surface area contributed by atoms with Gasteiger partial charge in [0.1, 0.15) is 19.7 Å². The van der Waals surface area contributed by atoms with Gasteiger partial charge in [0, 0.05) is 29.5 Å². The van der Waals surface area contributed by atoms with Crippen molar-refractivity contribution >= 4 is 41.7 Å². The lowest BCUT2D eigenvalue weighted by atomic mass is 9.69. The highest BCUT2D eigenvalue weighted by Gasteiger charge is 2.37. The van der Waals surface area contributed by atoms with E-state index < -0.39 is 5.44 Å². The van der Waals surface area contributed by atoms with Crippen LogP contribution in [0.3, 0.4) is 0 Å². The molecule has 8 nitrogen and oxygen atoms in total. The van der Waals surface area contributed by atoms with Crippen LogP contribution in [0, 0.1) is 17.1 Å². The number of fused-ring (bicyclic) bond motifs is 1. The molecule has 2 fully saturated rings. The number of benzene rings is 2. The van der Waals surface area contributed by atoms with Crippen LogP contribution in [0.2, 0.25) is 5.02 Å². The number of hydrazine groups is 2. The summed E-state index contributed by atoms with van der Waals surface area (Å²) in [6.07, 6.45) is 5.63. The first-order valence-electron chi connectivity index (χ1n) is 11.7. The second kappa shape index (κ2) is 8.85. The Labute approximate surface area is 213 Å². The number of anilines is 2. The summed E-state index contributed by atoms with van der Waals surface area (Å²) in [5, 5.41) is 19.6. The molecule has 0 bridgehead atoms. The number of hydrogen-bond donors (Lipinski definition) is 4. The van der Waals surface area contributed by atoms with Gasteiger partial charge in [0.2, 0.25) is 0 Å². The van der Waals surface area contributed by atoms with Crippen molar-refractivity contribution in [2.45, 2.75) is 30.4 Å². The van der Waals surface area contributed by atoms with Crippen molar-refractivity contribution < 1.29 is 9.13 Å².